The van der Waals surface area contributed by atoms with E-state index >= 15 is 0 Å². The van der Waals surface area contributed by atoms with E-state index in [4.69, 9.17) is 0 Å². The van der Waals surface area contributed by atoms with Crippen molar-refractivity contribution < 1.29 is 13.5 Å². The van der Waals surface area contributed by atoms with Crippen molar-refractivity contribution in [3.63, 3.8) is 0 Å². The van der Waals surface area contributed by atoms with E-state index in [0.29, 0.717) is 24.0 Å². The number of nitriles is 1. The van der Waals surface area contributed by atoms with E-state index in [1.807, 2.05) is 19.9 Å². The largest absolute Gasteiger partial charge is 0.492 e. The number of sulfone groups is 1. The number of hydrogen-bond donors (Lipinski definition) is 1. The first-order valence-corrected chi connectivity index (χ1v) is 13.8. The summed E-state index contributed by atoms with van der Waals surface area (Å²) in [6.45, 7) is 5.64. The van der Waals surface area contributed by atoms with E-state index in [1.54, 1.807) is 55.7 Å². The number of aromatic hydroxyl groups is 1. The Kier molecular flexibility index (Phi) is 7.74. The van der Waals surface area contributed by atoms with Gasteiger partial charge in [0.05, 0.1) is 22.6 Å². The third kappa shape index (κ3) is 5.08. The van der Waals surface area contributed by atoms with E-state index in [2.05, 4.69) is 16.0 Å². The number of aryl methyl sites for hydroxylation is 2. The maximum atomic E-state index is 13.8. The van der Waals surface area contributed by atoms with Crippen LogP contribution in [0.4, 0.5) is 0 Å². The predicted molar refractivity (Wildman–Crippen MR) is 144 cm³/mol. The second-order valence-corrected chi connectivity index (χ2v) is 11.0. The molecular formula is C29H28N4O4S. The number of rotatable bonds is 8. The summed E-state index contributed by atoms with van der Waals surface area (Å²) in [7, 11) is -4.41. The summed E-state index contributed by atoms with van der Waals surface area (Å²) in [4.78, 5) is 21.2. The number of aromatic nitrogens is 3. The van der Waals surface area contributed by atoms with Crippen molar-refractivity contribution in [1.29, 1.82) is 5.26 Å². The summed E-state index contributed by atoms with van der Waals surface area (Å²) in [6.07, 6.45) is 5.27. The molecule has 0 bridgehead atoms. The van der Waals surface area contributed by atoms with E-state index < -0.39 is 32.2 Å². The molecule has 0 radical (unpaired) electrons. The van der Waals surface area contributed by atoms with Crippen LogP contribution in [0.1, 0.15) is 55.2 Å². The number of benzene rings is 2. The first kappa shape index (κ1) is 26.8. The molecule has 38 heavy (non-hydrogen) atoms. The Labute approximate surface area is 221 Å². The average molecular weight is 529 g/mol. The summed E-state index contributed by atoms with van der Waals surface area (Å²) < 4.78 is 28.6. The minimum absolute atomic E-state index is 0.130. The fourth-order valence-corrected chi connectivity index (χ4v) is 5.79. The Morgan fingerprint density at radius 2 is 1.87 bits per heavy atom. The van der Waals surface area contributed by atoms with Gasteiger partial charge >= 0.3 is 0 Å². The highest BCUT2D eigenvalue weighted by Gasteiger charge is 2.31. The maximum absolute atomic E-state index is 13.8. The van der Waals surface area contributed by atoms with Crippen LogP contribution >= 0.6 is 0 Å². The highest BCUT2D eigenvalue weighted by molar-refractivity contribution is 7.91. The van der Waals surface area contributed by atoms with E-state index in [-0.39, 0.29) is 10.7 Å². The highest BCUT2D eigenvalue weighted by atomic mass is 32.2. The number of nitrogens with zero attached hydrogens (tertiary/aromatic N) is 4. The zero-order valence-electron chi connectivity index (χ0n) is 21.4. The molecule has 1 atom stereocenters. The second kappa shape index (κ2) is 11.0. The van der Waals surface area contributed by atoms with Crippen LogP contribution in [-0.2, 0) is 16.3 Å². The van der Waals surface area contributed by atoms with Crippen LogP contribution in [0.25, 0.3) is 11.1 Å². The second-order valence-electron chi connectivity index (χ2n) is 9.09. The Balaban J connectivity index is 1.85. The maximum Gasteiger partial charge on any atom is 0.277 e. The summed E-state index contributed by atoms with van der Waals surface area (Å²) >= 11 is 0. The van der Waals surface area contributed by atoms with Gasteiger partial charge in [-0.3, -0.25) is 14.3 Å². The first-order valence-electron chi connectivity index (χ1n) is 12.3. The van der Waals surface area contributed by atoms with Gasteiger partial charge in [0, 0.05) is 18.8 Å². The Morgan fingerprint density at radius 3 is 2.53 bits per heavy atom. The molecule has 0 unspecified atom stereocenters. The molecule has 0 aliphatic rings. The SMILES string of the molecule is CCCCc1nc(O)c(S(=O)(=O)c2ccc(-c3ccncc3C)cc2)c(=O)n1[C@@H](C)c1cccc(C#N)c1. The number of pyridine rings is 1. The van der Waals surface area contributed by atoms with Crippen LogP contribution in [-0.4, -0.2) is 28.1 Å². The third-order valence-electron chi connectivity index (χ3n) is 6.53. The smallest absolute Gasteiger partial charge is 0.277 e. The Bertz CT molecular complexity index is 1690. The van der Waals surface area contributed by atoms with E-state index in [9.17, 15) is 23.6 Å². The fourth-order valence-electron chi connectivity index (χ4n) is 4.44. The van der Waals surface area contributed by atoms with Crippen LogP contribution in [0.15, 0.2) is 81.6 Å². The molecule has 2 aromatic carbocycles. The quantitative estimate of drug-likeness (QED) is 0.342. The molecule has 2 heterocycles. The molecule has 8 nitrogen and oxygen atoms in total. The molecule has 4 rings (SSSR count). The molecule has 9 heteroatoms. The molecule has 0 amide bonds. The lowest BCUT2D eigenvalue weighted by atomic mass is 10.0. The molecule has 1 N–H and O–H groups in total. The molecule has 0 aliphatic carbocycles. The van der Waals surface area contributed by atoms with Gasteiger partial charge in [0.2, 0.25) is 15.7 Å². The van der Waals surface area contributed by atoms with Gasteiger partial charge in [-0.15, -0.1) is 0 Å². The summed E-state index contributed by atoms with van der Waals surface area (Å²) in [6, 6.07) is 16.2. The molecule has 194 valence electrons. The van der Waals surface area contributed by atoms with E-state index in [1.165, 1.54) is 16.7 Å². The third-order valence-corrected chi connectivity index (χ3v) is 8.32. The molecule has 0 aliphatic heterocycles. The van der Waals surface area contributed by atoms with Crippen molar-refractivity contribution >= 4 is 9.84 Å². The summed E-state index contributed by atoms with van der Waals surface area (Å²) in [5.74, 6) is -0.531. The fraction of sp³-hybridized carbons (Fsp3) is 0.241. The van der Waals surface area contributed by atoms with Crippen molar-refractivity contribution in [1.82, 2.24) is 14.5 Å². The normalized spacial score (nSPS) is 12.2. The van der Waals surface area contributed by atoms with Gasteiger partial charge in [0.1, 0.15) is 5.82 Å². The van der Waals surface area contributed by atoms with Crippen molar-refractivity contribution in [3.05, 3.63) is 99.9 Å². The van der Waals surface area contributed by atoms with Gasteiger partial charge in [-0.2, -0.15) is 10.2 Å². The van der Waals surface area contributed by atoms with Crippen molar-refractivity contribution in [3.8, 4) is 23.1 Å². The van der Waals surface area contributed by atoms with Gasteiger partial charge in [-0.05, 0) is 72.9 Å². The predicted octanol–water partition coefficient (Wildman–Crippen LogP) is 4.98. The first-order chi connectivity index (χ1) is 18.2. The van der Waals surface area contributed by atoms with Crippen LogP contribution in [0.5, 0.6) is 5.88 Å². The van der Waals surface area contributed by atoms with Gasteiger partial charge < -0.3 is 5.11 Å². The summed E-state index contributed by atoms with van der Waals surface area (Å²) in [5.41, 5.74) is 2.85. The minimum Gasteiger partial charge on any atom is -0.492 e. The van der Waals surface area contributed by atoms with Crippen LogP contribution in [0.3, 0.4) is 0 Å². The van der Waals surface area contributed by atoms with Crippen molar-refractivity contribution in [2.45, 2.75) is 55.9 Å². The topological polar surface area (TPSA) is 126 Å². The average Bonchev–Trinajstić information content (AvgIpc) is 2.91. The standard InChI is InChI=1S/C29H28N4O4S/c1-4-5-9-26-32-28(34)27(29(35)33(26)20(3)23-8-6-7-21(16-23)17-30)38(36,37)24-12-10-22(11-13-24)25-14-15-31-18-19(25)2/h6-8,10-16,18,20,34H,4-5,9H2,1-3H3/t20-/m0/s1. The molecule has 0 saturated carbocycles. The molecule has 0 fully saturated rings. The molecule has 4 aromatic rings. The Morgan fingerprint density at radius 1 is 1.13 bits per heavy atom. The molecule has 0 saturated heterocycles. The zero-order valence-corrected chi connectivity index (χ0v) is 22.2. The van der Waals surface area contributed by atoms with Gasteiger partial charge in [-0.1, -0.05) is 37.6 Å². The zero-order chi connectivity index (χ0) is 27.4. The highest BCUT2D eigenvalue weighted by Crippen LogP contribution is 2.30. The summed E-state index contributed by atoms with van der Waals surface area (Å²) in [5, 5.41) is 20.1. The Hall–Kier alpha value is -4.29. The van der Waals surface area contributed by atoms with Crippen LogP contribution in [0.2, 0.25) is 0 Å². The molecule has 2 aromatic heterocycles. The van der Waals surface area contributed by atoms with Gasteiger partial charge in [-0.25, -0.2) is 8.42 Å². The van der Waals surface area contributed by atoms with E-state index in [0.717, 1.165) is 23.1 Å². The minimum atomic E-state index is -4.41. The van der Waals surface area contributed by atoms with Crippen LogP contribution < -0.4 is 5.56 Å². The van der Waals surface area contributed by atoms with Gasteiger partial charge in [0.25, 0.3) is 5.56 Å². The number of hydrogen-bond acceptors (Lipinski definition) is 7. The lowest BCUT2D eigenvalue weighted by molar-refractivity contribution is 0.412. The lowest BCUT2D eigenvalue weighted by Gasteiger charge is -2.21. The molecular weight excluding hydrogens is 500 g/mol. The lowest BCUT2D eigenvalue weighted by Crippen LogP contribution is -2.32. The number of unbranched alkanes of at least 4 members (excludes halogenated alkanes) is 1. The van der Waals surface area contributed by atoms with Gasteiger partial charge in [0.15, 0.2) is 4.90 Å². The van der Waals surface area contributed by atoms with Crippen molar-refractivity contribution in [2.75, 3.05) is 0 Å². The molecule has 0 spiro atoms. The monoisotopic (exact) mass is 528 g/mol. The van der Waals surface area contributed by atoms with Crippen LogP contribution in [0, 0.1) is 18.3 Å². The van der Waals surface area contributed by atoms with Crippen molar-refractivity contribution in [2.24, 2.45) is 0 Å².